The lowest BCUT2D eigenvalue weighted by Gasteiger charge is -2.15. The summed E-state index contributed by atoms with van der Waals surface area (Å²) in [6, 6.07) is 15.7. The van der Waals surface area contributed by atoms with Crippen LogP contribution in [0.5, 0.6) is 11.5 Å². The van der Waals surface area contributed by atoms with Crippen LogP contribution in [0.3, 0.4) is 0 Å². The number of hydrogen-bond donors (Lipinski definition) is 1. The van der Waals surface area contributed by atoms with Crippen molar-refractivity contribution in [2.24, 2.45) is 0 Å². The molecule has 0 aliphatic heterocycles. The van der Waals surface area contributed by atoms with Crippen molar-refractivity contribution < 1.29 is 14.3 Å². The molecular formula is C17H16N2O3. The summed E-state index contributed by atoms with van der Waals surface area (Å²) < 4.78 is 10.6. The molecule has 0 saturated heterocycles. The fraction of sp³-hybridized carbons (Fsp3) is 0.176. The Balaban J connectivity index is 1.94. The van der Waals surface area contributed by atoms with Gasteiger partial charge in [-0.2, -0.15) is 5.26 Å². The van der Waals surface area contributed by atoms with Gasteiger partial charge in [-0.3, -0.25) is 4.79 Å². The first-order valence-electron chi connectivity index (χ1n) is 6.74. The molecule has 1 atom stereocenters. The van der Waals surface area contributed by atoms with Gasteiger partial charge in [-0.05, 0) is 55.5 Å². The highest BCUT2D eigenvalue weighted by molar-refractivity contribution is 5.94. The zero-order chi connectivity index (χ0) is 15.9. The van der Waals surface area contributed by atoms with Crippen LogP contribution in [-0.4, -0.2) is 19.1 Å². The van der Waals surface area contributed by atoms with E-state index in [4.69, 9.17) is 14.7 Å². The van der Waals surface area contributed by atoms with Gasteiger partial charge in [0.1, 0.15) is 11.5 Å². The number of carbonyl (C=O) groups is 1. The molecule has 0 aliphatic rings. The van der Waals surface area contributed by atoms with E-state index in [0.717, 1.165) is 5.75 Å². The fourth-order valence-electron chi connectivity index (χ4n) is 1.78. The summed E-state index contributed by atoms with van der Waals surface area (Å²) in [5.74, 6) is 1.05. The smallest absolute Gasteiger partial charge is 0.265 e. The summed E-state index contributed by atoms with van der Waals surface area (Å²) in [5, 5.41) is 11.5. The molecule has 1 unspecified atom stereocenters. The average molecular weight is 296 g/mol. The first-order valence-corrected chi connectivity index (χ1v) is 6.74. The molecule has 2 rings (SSSR count). The maximum absolute atomic E-state index is 12.1. The highest BCUT2D eigenvalue weighted by Gasteiger charge is 2.14. The van der Waals surface area contributed by atoms with E-state index < -0.39 is 6.10 Å². The van der Waals surface area contributed by atoms with Crippen molar-refractivity contribution in [1.29, 1.82) is 5.26 Å². The Bertz CT molecular complexity index is 673. The van der Waals surface area contributed by atoms with Gasteiger partial charge in [0.25, 0.3) is 5.91 Å². The van der Waals surface area contributed by atoms with Gasteiger partial charge in [-0.15, -0.1) is 0 Å². The molecule has 0 bridgehead atoms. The number of carbonyl (C=O) groups excluding carboxylic acids is 1. The number of nitrogens with zero attached hydrogens (tertiary/aromatic N) is 1. The molecule has 5 nitrogen and oxygen atoms in total. The first kappa shape index (κ1) is 15.4. The Morgan fingerprint density at radius 1 is 1.09 bits per heavy atom. The normalized spacial score (nSPS) is 11.1. The molecule has 0 aromatic heterocycles. The predicted octanol–water partition coefficient (Wildman–Crippen LogP) is 2.97. The third kappa shape index (κ3) is 4.00. The number of hydrogen-bond acceptors (Lipinski definition) is 4. The Morgan fingerprint density at radius 2 is 1.68 bits per heavy atom. The van der Waals surface area contributed by atoms with E-state index in [-0.39, 0.29) is 5.91 Å². The summed E-state index contributed by atoms with van der Waals surface area (Å²) in [6.07, 6.45) is -0.649. The van der Waals surface area contributed by atoms with Gasteiger partial charge in [0.05, 0.1) is 18.7 Å². The van der Waals surface area contributed by atoms with Crippen LogP contribution in [0.25, 0.3) is 0 Å². The van der Waals surface area contributed by atoms with Crippen molar-refractivity contribution in [3.8, 4) is 17.6 Å². The zero-order valence-corrected chi connectivity index (χ0v) is 12.4. The number of amides is 1. The quantitative estimate of drug-likeness (QED) is 0.920. The third-order valence-electron chi connectivity index (χ3n) is 3.02. The molecule has 5 heteroatoms. The van der Waals surface area contributed by atoms with Crippen LogP contribution in [0, 0.1) is 11.3 Å². The Kier molecular flexibility index (Phi) is 4.99. The maximum atomic E-state index is 12.1. The molecule has 22 heavy (non-hydrogen) atoms. The number of ether oxygens (including phenoxy) is 2. The number of anilines is 1. The molecule has 2 aromatic rings. The second kappa shape index (κ2) is 7.14. The molecule has 0 spiro atoms. The lowest BCUT2D eigenvalue weighted by molar-refractivity contribution is -0.122. The van der Waals surface area contributed by atoms with Gasteiger partial charge in [0.15, 0.2) is 6.10 Å². The van der Waals surface area contributed by atoms with Crippen molar-refractivity contribution in [3.63, 3.8) is 0 Å². The van der Waals surface area contributed by atoms with Crippen LogP contribution in [0.1, 0.15) is 12.5 Å². The topological polar surface area (TPSA) is 71.3 Å². The highest BCUT2D eigenvalue weighted by atomic mass is 16.5. The van der Waals surface area contributed by atoms with Crippen molar-refractivity contribution >= 4 is 11.6 Å². The fourth-order valence-corrected chi connectivity index (χ4v) is 1.78. The minimum absolute atomic E-state index is 0.263. The van der Waals surface area contributed by atoms with Crippen molar-refractivity contribution in [1.82, 2.24) is 0 Å². The number of nitriles is 1. The Morgan fingerprint density at radius 3 is 2.23 bits per heavy atom. The summed E-state index contributed by atoms with van der Waals surface area (Å²) >= 11 is 0. The molecule has 2 aromatic carbocycles. The van der Waals surface area contributed by atoms with Gasteiger partial charge in [-0.25, -0.2) is 0 Å². The Labute approximate surface area is 129 Å². The van der Waals surface area contributed by atoms with Crippen LogP contribution in [0.15, 0.2) is 48.5 Å². The third-order valence-corrected chi connectivity index (χ3v) is 3.02. The minimum Gasteiger partial charge on any atom is -0.497 e. The van der Waals surface area contributed by atoms with Crippen LogP contribution in [-0.2, 0) is 4.79 Å². The van der Waals surface area contributed by atoms with Gasteiger partial charge in [-0.1, -0.05) is 0 Å². The van der Waals surface area contributed by atoms with E-state index in [2.05, 4.69) is 5.32 Å². The van der Waals surface area contributed by atoms with Gasteiger partial charge in [0.2, 0.25) is 0 Å². The van der Waals surface area contributed by atoms with Crippen LogP contribution >= 0.6 is 0 Å². The molecule has 112 valence electrons. The van der Waals surface area contributed by atoms with Crippen molar-refractivity contribution in [2.75, 3.05) is 12.4 Å². The van der Waals surface area contributed by atoms with Crippen molar-refractivity contribution in [3.05, 3.63) is 54.1 Å². The first-order chi connectivity index (χ1) is 10.6. The Hall–Kier alpha value is -3.00. The maximum Gasteiger partial charge on any atom is 0.265 e. The summed E-state index contributed by atoms with van der Waals surface area (Å²) in [6.45, 7) is 1.67. The molecule has 1 N–H and O–H groups in total. The predicted molar refractivity (Wildman–Crippen MR) is 82.9 cm³/mol. The van der Waals surface area contributed by atoms with E-state index in [1.807, 2.05) is 6.07 Å². The van der Waals surface area contributed by atoms with E-state index in [1.165, 1.54) is 0 Å². The van der Waals surface area contributed by atoms with Crippen LogP contribution < -0.4 is 14.8 Å². The number of rotatable bonds is 5. The van der Waals surface area contributed by atoms with Gasteiger partial charge < -0.3 is 14.8 Å². The molecule has 1 amide bonds. The van der Waals surface area contributed by atoms with E-state index in [1.54, 1.807) is 62.6 Å². The highest BCUT2D eigenvalue weighted by Crippen LogP contribution is 2.18. The molecule has 0 aliphatic carbocycles. The van der Waals surface area contributed by atoms with Crippen LogP contribution in [0.4, 0.5) is 5.69 Å². The minimum atomic E-state index is -0.649. The lowest BCUT2D eigenvalue weighted by Crippen LogP contribution is -2.30. The van der Waals surface area contributed by atoms with E-state index >= 15 is 0 Å². The zero-order valence-electron chi connectivity index (χ0n) is 12.4. The molecule has 0 saturated carbocycles. The lowest BCUT2D eigenvalue weighted by atomic mass is 10.2. The van der Waals surface area contributed by atoms with Crippen molar-refractivity contribution in [2.45, 2.75) is 13.0 Å². The molecular weight excluding hydrogens is 280 g/mol. The summed E-state index contributed by atoms with van der Waals surface area (Å²) in [5.41, 5.74) is 1.16. The summed E-state index contributed by atoms with van der Waals surface area (Å²) in [7, 11) is 1.59. The summed E-state index contributed by atoms with van der Waals surface area (Å²) in [4.78, 5) is 12.1. The van der Waals surface area contributed by atoms with Gasteiger partial charge >= 0.3 is 0 Å². The van der Waals surface area contributed by atoms with E-state index in [0.29, 0.717) is 17.0 Å². The molecule has 0 heterocycles. The number of methoxy groups -OCH3 is 1. The molecule has 0 radical (unpaired) electrons. The standard InChI is InChI=1S/C17H16N2O3/c1-12(22-16-9-7-15(21-2)8-10-16)17(20)19-14-5-3-13(11-18)4-6-14/h3-10,12H,1-2H3,(H,19,20). The number of benzene rings is 2. The average Bonchev–Trinajstić information content (AvgIpc) is 2.56. The molecule has 0 fully saturated rings. The van der Waals surface area contributed by atoms with Gasteiger partial charge in [0, 0.05) is 5.69 Å². The largest absolute Gasteiger partial charge is 0.497 e. The SMILES string of the molecule is COc1ccc(OC(C)C(=O)Nc2ccc(C#N)cc2)cc1. The number of nitrogens with one attached hydrogen (secondary N) is 1. The second-order valence-corrected chi connectivity index (χ2v) is 4.61. The monoisotopic (exact) mass is 296 g/mol. The van der Waals surface area contributed by atoms with Crippen LogP contribution in [0.2, 0.25) is 0 Å². The van der Waals surface area contributed by atoms with E-state index in [9.17, 15) is 4.79 Å². The second-order valence-electron chi connectivity index (χ2n) is 4.61.